The van der Waals surface area contributed by atoms with E-state index in [9.17, 15) is 5.11 Å². The number of hydrogen-bond donors (Lipinski definition) is 2. The topological polar surface area (TPSA) is 32.3 Å². The lowest BCUT2D eigenvalue weighted by Gasteiger charge is -2.23. The second-order valence-corrected chi connectivity index (χ2v) is 6.12. The van der Waals surface area contributed by atoms with Crippen LogP contribution >= 0.6 is 22.9 Å². The van der Waals surface area contributed by atoms with E-state index in [1.807, 2.05) is 6.07 Å². The van der Waals surface area contributed by atoms with Crippen LogP contribution in [0.5, 0.6) is 0 Å². The third kappa shape index (κ3) is 2.77. The molecule has 0 amide bonds. The second-order valence-electron chi connectivity index (χ2n) is 4.37. The summed E-state index contributed by atoms with van der Waals surface area (Å²) in [6.07, 6.45) is 3.99. The fraction of sp³-hybridized carbons (Fsp3) is 0.667. The lowest BCUT2D eigenvalue weighted by atomic mass is 10.1. The highest BCUT2D eigenvalue weighted by Gasteiger charge is 2.27. The minimum absolute atomic E-state index is 0.176. The average Bonchev–Trinajstić information content (AvgIpc) is 2.85. The molecule has 4 heteroatoms. The highest BCUT2D eigenvalue weighted by atomic mass is 35.5. The summed E-state index contributed by atoms with van der Waals surface area (Å²) in [7, 11) is 0. The van der Waals surface area contributed by atoms with Gasteiger partial charge in [-0.2, -0.15) is 0 Å². The molecule has 1 aliphatic carbocycles. The minimum atomic E-state index is -0.176. The monoisotopic (exact) mass is 259 g/mol. The molecule has 2 N–H and O–H groups in total. The van der Waals surface area contributed by atoms with Crippen LogP contribution in [0.1, 0.15) is 43.5 Å². The Morgan fingerprint density at radius 3 is 2.88 bits per heavy atom. The molecule has 0 spiro atoms. The molecule has 2 nitrogen and oxygen atoms in total. The molecule has 1 aromatic rings. The predicted octanol–water partition coefficient (Wildman–Crippen LogP) is 3.36. The first kappa shape index (κ1) is 12.4. The van der Waals surface area contributed by atoms with Crippen molar-refractivity contribution < 1.29 is 5.11 Å². The molecular formula is C12H18ClNOS. The smallest absolute Gasteiger partial charge is 0.0931 e. The van der Waals surface area contributed by atoms with Crippen molar-refractivity contribution in [2.45, 2.75) is 50.8 Å². The van der Waals surface area contributed by atoms with Gasteiger partial charge in [0.25, 0.3) is 0 Å². The highest BCUT2D eigenvalue weighted by molar-refractivity contribution is 7.16. The normalized spacial score (nSPS) is 27.2. The van der Waals surface area contributed by atoms with E-state index in [4.69, 9.17) is 11.6 Å². The van der Waals surface area contributed by atoms with Crippen LogP contribution in [0.15, 0.2) is 12.1 Å². The number of rotatable bonds is 4. The van der Waals surface area contributed by atoms with Gasteiger partial charge < -0.3 is 10.4 Å². The molecule has 0 aromatic carbocycles. The van der Waals surface area contributed by atoms with E-state index in [0.717, 1.165) is 30.0 Å². The fourth-order valence-corrected chi connectivity index (χ4v) is 3.51. The van der Waals surface area contributed by atoms with Crippen LogP contribution in [0.3, 0.4) is 0 Å². The molecule has 90 valence electrons. The molecule has 3 unspecified atom stereocenters. The van der Waals surface area contributed by atoms with Crippen molar-refractivity contribution in [2.75, 3.05) is 0 Å². The van der Waals surface area contributed by atoms with Crippen LogP contribution in [0.25, 0.3) is 0 Å². The Kier molecular flexibility index (Phi) is 4.25. The van der Waals surface area contributed by atoms with Crippen molar-refractivity contribution >= 4 is 22.9 Å². The van der Waals surface area contributed by atoms with Crippen LogP contribution in [0.4, 0.5) is 0 Å². The van der Waals surface area contributed by atoms with E-state index in [1.165, 1.54) is 4.88 Å². The van der Waals surface area contributed by atoms with Crippen molar-refractivity contribution in [1.29, 1.82) is 0 Å². The first-order valence-electron chi connectivity index (χ1n) is 5.90. The number of aliphatic hydroxyl groups is 1. The molecule has 0 bridgehead atoms. The zero-order valence-electron chi connectivity index (χ0n) is 9.45. The van der Waals surface area contributed by atoms with Crippen molar-refractivity contribution in [2.24, 2.45) is 0 Å². The third-order valence-electron chi connectivity index (χ3n) is 3.24. The largest absolute Gasteiger partial charge is 0.392 e. The van der Waals surface area contributed by atoms with Crippen molar-refractivity contribution in [1.82, 2.24) is 5.32 Å². The molecule has 1 heterocycles. The van der Waals surface area contributed by atoms with E-state index >= 15 is 0 Å². The molecule has 1 fully saturated rings. The number of halogens is 1. The van der Waals surface area contributed by atoms with Crippen LogP contribution in [0, 0.1) is 0 Å². The van der Waals surface area contributed by atoms with Crippen LogP contribution in [0.2, 0.25) is 4.34 Å². The van der Waals surface area contributed by atoms with Crippen molar-refractivity contribution in [3.8, 4) is 0 Å². The maximum atomic E-state index is 9.80. The number of hydrogen-bond acceptors (Lipinski definition) is 3. The van der Waals surface area contributed by atoms with Gasteiger partial charge in [0.05, 0.1) is 10.4 Å². The molecule has 0 saturated heterocycles. The standard InChI is InChI=1S/C12H18ClNOS/c1-2-8(11-6-7-12(13)16-11)14-9-4-3-5-10(9)15/h6-10,14-15H,2-5H2,1H3. The van der Waals surface area contributed by atoms with Gasteiger partial charge in [0.15, 0.2) is 0 Å². The molecular weight excluding hydrogens is 242 g/mol. The molecule has 1 saturated carbocycles. The van der Waals surface area contributed by atoms with Gasteiger partial charge >= 0.3 is 0 Å². The quantitative estimate of drug-likeness (QED) is 0.869. The fourth-order valence-electron chi connectivity index (χ4n) is 2.31. The summed E-state index contributed by atoms with van der Waals surface area (Å²) in [5.41, 5.74) is 0. The lowest BCUT2D eigenvalue weighted by Crippen LogP contribution is -2.37. The van der Waals surface area contributed by atoms with Crippen LogP contribution in [-0.4, -0.2) is 17.3 Å². The van der Waals surface area contributed by atoms with Gasteiger partial charge in [0.1, 0.15) is 0 Å². The number of nitrogens with one attached hydrogen (secondary N) is 1. The zero-order chi connectivity index (χ0) is 11.5. The molecule has 3 atom stereocenters. The van der Waals surface area contributed by atoms with Crippen molar-refractivity contribution in [3.63, 3.8) is 0 Å². The molecule has 16 heavy (non-hydrogen) atoms. The summed E-state index contributed by atoms with van der Waals surface area (Å²) >= 11 is 7.57. The Labute approximate surface area is 106 Å². The van der Waals surface area contributed by atoms with Gasteiger partial charge in [-0.3, -0.25) is 0 Å². The summed E-state index contributed by atoms with van der Waals surface area (Å²) in [4.78, 5) is 1.27. The van der Waals surface area contributed by atoms with E-state index in [2.05, 4.69) is 18.3 Å². The number of aliphatic hydroxyl groups excluding tert-OH is 1. The summed E-state index contributed by atoms with van der Waals surface area (Å²) in [6.45, 7) is 2.16. The molecule has 0 aliphatic heterocycles. The van der Waals surface area contributed by atoms with E-state index in [1.54, 1.807) is 11.3 Å². The lowest BCUT2D eigenvalue weighted by molar-refractivity contribution is 0.142. The van der Waals surface area contributed by atoms with E-state index in [0.29, 0.717) is 6.04 Å². The van der Waals surface area contributed by atoms with Gasteiger partial charge in [0.2, 0.25) is 0 Å². The summed E-state index contributed by atoms with van der Waals surface area (Å²) in [5.74, 6) is 0. The maximum absolute atomic E-state index is 9.80. The van der Waals surface area contributed by atoms with Gasteiger partial charge in [0, 0.05) is 17.0 Å². The van der Waals surface area contributed by atoms with Gasteiger partial charge in [-0.05, 0) is 37.8 Å². The molecule has 1 aliphatic rings. The summed E-state index contributed by atoms with van der Waals surface area (Å²) < 4.78 is 0.835. The summed E-state index contributed by atoms with van der Waals surface area (Å²) in [5, 5.41) is 13.3. The Morgan fingerprint density at radius 2 is 2.38 bits per heavy atom. The Bertz CT molecular complexity index is 342. The zero-order valence-corrected chi connectivity index (χ0v) is 11.0. The predicted molar refractivity (Wildman–Crippen MR) is 69.1 cm³/mol. The van der Waals surface area contributed by atoms with E-state index in [-0.39, 0.29) is 12.1 Å². The van der Waals surface area contributed by atoms with Crippen molar-refractivity contribution in [3.05, 3.63) is 21.3 Å². The first-order chi connectivity index (χ1) is 7.70. The first-order valence-corrected chi connectivity index (χ1v) is 7.09. The Morgan fingerprint density at radius 1 is 1.56 bits per heavy atom. The minimum Gasteiger partial charge on any atom is -0.392 e. The van der Waals surface area contributed by atoms with Gasteiger partial charge in [-0.15, -0.1) is 11.3 Å². The molecule has 2 rings (SSSR count). The van der Waals surface area contributed by atoms with Gasteiger partial charge in [-0.1, -0.05) is 18.5 Å². The molecule has 1 aromatic heterocycles. The number of thiophene rings is 1. The average molecular weight is 260 g/mol. The van der Waals surface area contributed by atoms with Crippen LogP contribution < -0.4 is 5.32 Å². The highest BCUT2D eigenvalue weighted by Crippen LogP contribution is 2.30. The third-order valence-corrected chi connectivity index (χ3v) is 4.59. The Hall–Kier alpha value is -0.0900. The SMILES string of the molecule is CCC(NC1CCCC1O)c1ccc(Cl)s1. The van der Waals surface area contributed by atoms with E-state index < -0.39 is 0 Å². The van der Waals surface area contributed by atoms with Gasteiger partial charge in [-0.25, -0.2) is 0 Å². The maximum Gasteiger partial charge on any atom is 0.0931 e. The Balaban J connectivity index is 2.00. The second kappa shape index (κ2) is 5.50. The molecule has 0 radical (unpaired) electrons. The summed E-state index contributed by atoms with van der Waals surface area (Å²) in [6, 6.07) is 4.60. The van der Waals surface area contributed by atoms with Crippen LogP contribution in [-0.2, 0) is 0 Å².